The highest BCUT2D eigenvalue weighted by molar-refractivity contribution is 6.30. The molecular weight excluding hydrogens is 322 g/mol. The van der Waals surface area contributed by atoms with Crippen LogP contribution in [-0.4, -0.2) is 21.4 Å². The molecule has 0 radical (unpaired) electrons. The second-order valence-corrected chi connectivity index (χ2v) is 5.72. The Balaban J connectivity index is 1.86. The first-order chi connectivity index (χ1) is 11.7. The first kappa shape index (κ1) is 15.9. The van der Waals surface area contributed by atoms with Crippen LogP contribution in [0.5, 0.6) is 0 Å². The summed E-state index contributed by atoms with van der Waals surface area (Å²) in [6, 6.07) is 15.3. The Hall–Kier alpha value is -2.97. The number of nitrogens with one attached hydrogen (secondary N) is 1. The molecule has 0 atom stereocenters. The maximum atomic E-state index is 9.44. The third kappa shape index (κ3) is 3.67. The van der Waals surface area contributed by atoms with E-state index < -0.39 is 0 Å². The first-order valence-electron chi connectivity index (χ1n) is 7.35. The van der Waals surface area contributed by atoms with E-state index in [0.29, 0.717) is 28.5 Å². The van der Waals surface area contributed by atoms with Crippen molar-refractivity contribution in [2.45, 2.75) is 13.3 Å². The Morgan fingerprint density at radius 3 is 2.88 bits per heavy atom. The Kier molecular flexibility index (Phi) is 4.69. The normalized spacial score (nSPS) is 10.9. The zero-order valence-corrected chi connectivity index (χ0v) is 13.7. The number of rotatable bonds is 4. The molecule has 0 aliphatic carbocycles. The number of aryl methyl sites for hydroxylation is 1. The van der Waals surface area contributed by atoms with Gasteiger partial charge in [-0.25, -0.2) is 4.99 Å². The van der Waals surface area contributed by atoms with Crippen LogP contribution in [-0.2, 0) is 6.42 Å². The average Bonchev–Trinajstić information content (AvgIpc) is 2.94. The van der Waals surface area contributed by atoms with Crippen molar-refractivity contribution in [1.29, 1.82) is 5.26 Å². The van der Waals surface area contributed by atoms with Crippen molar-refractivity contribution in [3.8, 4) is 6.07 Å². The molecular formula is C18H14ClN5. The van der Waals surface area contributed by atoms with Crippen molar-refractivity contribution in [2.75, 3.05) is 0 Å². The molecule has 0 amide bonds. The molecule has 0 saturated carbocycles. The summed E-state index contributed by atoms with van der Waals surface area (Å²) in [5.74, 6) is 0.359. The number of halogens is 1. The van der Waals surface area contributed by atoms with Crippen molar-refractivity contribution in [2.24, 2.45) is 4.99 Å². The molecule has 118 valence electrons. The Morgan fingerprint density at radius 1 is 1.29 bits per heavy atom. The smallest absolute Gasteiger partial charge is 0.191 e. The lowest BCUT2D eigenvalue weighted by Crippen LogP contribution is -1.91. The molecule has 0 aliphatic rings. The zero-order valence-electron chi connectivity index (χ0n) is 13.0. The molecule has 6 heteroatoms. The van der Waals surface area contributed by atoms with Crippen molar-refractivity contribution in [1.82, 2.24) is 15.2 Å². The van der Waals surface area contributed by atoms with Crippen LogP contribution in [0.1, 0.15) is 28.2 Å². The van der Waals surface area contributed by atoms with Gasteiger partial charge in [0.2, 0.25) is 0 Å². The summed E-state index contributed by atoms with van der Waals surface area (Å²) in [5.41, 5.74) is 3.77. The van der Waals surface area contributed by atoms with E-state index in [9.17, 15) is 5.26 Å². The number of hydrogen-bond donors (Lipinski definition) is 1. The number of nitriles is 1. The van der Waals surface area contributed by atoms with Crippen molar-refractivity contribution in [3.05, 3.63) is 75.7 Å². The molecule has 0 fully saturated rings. The van der Waals surface area contributed by atoms with E-state index >= 15 is 0 Å². The van der Waals surface area contributed by atoms with E-state index in [1.54, 1.807) is 6.21 Å². The Morgan fingerprint density at radius 2 is 2.12 bits per heavy atom. The number of benzene rings is 1. The van der Waals surface area contributed by atoms with E-state index in [2.05, 4.69) is 26.2 Å². The lowest BCUT2D eigenvalue weighted by molar-refractivity contribution is 0.993. The molecule has 0 saturated heterocycles. The maximum Gasteiger partial charge on any atom is 0.191 e. The summed E-state index contributed by atoms with van der Waals surface area (Å²) in [6.45, 7) is 1.91. The number of aromatic amines is 1. The van der Waals surface area contributed by atoms with Gasteiger partial charge in [-0.15, -0.1) is 0 Å². The molecule has 2 aromatic heterocycles. The van der Waals surface area contributed by atoms with Gasteiger partial charge in [-0.2, -0.15) is 10.4 Å². The van der Waals surface area contributed by atoms with Crippen molar-refractivity contribution in [3.63, 3.8) is 0 Å². The minimum atomic E-state index is 0.359. The number of hydrogen-bond acceptors (Lipinski definition) is 4. The summed E-state index contributed by atoms with van der Waals surface area (Å²) in [5, 5.41) is 17.1. The number of pyridine rings is 1. The third-order valence-corrected chi connectivity index (χ3v) is 3.67. The Bertz CT molecular complexity index is 937. The second-order valence-electron chi connectivity index (χ2n) is 5.28. The molecule has 3 aromatic rings. The first-order valence-corrected chi connectivity index (χ1v) is 7.73. The standard InChI is InChI=1S/C18H14ClN5/c1-12-4-2-7-15(22-12)11-21-18-16(10-20)17(23-24-18)9-13-5-3-6-14(19)8-13/h2-8,11H,9H2,1H3,(H,23,24). The molecule has 1 N–H and O–H groups in total. The number of nitrogens with zero attached hydrogens (tertiary/aromatic N) is 4. The van der Waals surface area contributed by atoms with Gasteiger partial charge in [0.05, 0.1) is 17.6 Å². The molecule has 2 heterocycles. The van der Waals surface area contributed by atoms with Crippen LogP contribution in [0.2, 0.25) is 5.02 Å². The minimum Gasteiger partial charge on any atom is -0.279 e. The van der Waals surface area contributed by atoms with Crippen LogP contribution in [0.25, 0.3) is 0 Å². The summed E-state index contributed by atoms with van der Waals surface area (Å²) in [6.07, 6.45) is 2.14. The maximum absolute atomic E-state index is 9.44. The highest BCUT2D eigenvalue weighted by atomic mass is 35.5. The number of H-pyrrole nitrogens is 1. The van der Waals surface area contributed by atoms with Crippen LogP contribution in [0.15, 0.2) is 47.5 Å². The van der Waals surface area contributed by atoms with Crippen LogP contribution in [0.4, 0.5) is 5.82 Å². The monoisotopic (exact) mass is 335 g/mol. The summed E-state index contributed by atoms with van der Waals surface area (Å²) >= 11 is 6.00. The third-order valence-electron chi connectivity index (χ3n) is 3.43. The van der Waals surface area contributed by atoms with Gasteiger partial charge < -0.3 is 0 Å². The van der Waals surface area contributed by atoms with Gasteiger partial charge in [-0.1, -0.05) is 29.8 Å². The van der Waals surface area contributed by atoms with E-state index in [1.165, 1.54) is 0 Å². The highest BCUT2D eigenvalue weighted by Gasteiger charge is 2.12. The SMILES string of the molecule is Cc1cccc(C=Nc2n[nH]c(Cc3cccc(Cl)c3)c2C#N)n1. The van der Waals surface area contributed by atoms with Gasteiger partial charge >= 0.3 is 0 Å². The van der Waals surface area contributed by atoms with E-state index in [0.717, 1.165) is 17.0 Å². The van der Waals surface area contributed by atoms with Gasteiger partial charge in [0.15, 0.2) is 5.82 Å². The summed E-state index contributed by atoms with van der Waals surface area (Å²) in [4.78, 5) is 8.63. The van der Waals surface area contributed by atoms with E-state index in [4.69, 9.17) is 11.6 Å². The van der Waals surface area contributed by atoms with Gasteiger partial charge in [0.25, 0.3) is 0 Å². The van der Waals surface area contributed by atoms with Gasteiger partial charge in [0.1, 0.15) is 11.6 Å². The molecule has 0 aliphatic heterocycles. The summed E-state index contributed by atoms with van der Waals surface area (Å²) < 4.78 is 0. The second kappa shape index (κ2) is 7.07. The topological polar surface area (TPSA) is 77.7 Å². The van der Waals surface area contributed by atoms with Crippen molar-refractivity contribution < 1.29 is 0 Å². The summed E-state index contributed by atoms with van der Waals surface area (Å²) in [7, 11) is 0. The highest BCUT2D eigenvalue weighted by Crippen LogP contribution is 2.22. The lowest BCUT2D eigenvalue weighted by Gasteiger charge is -2.00. The van der Waals surface area contributed by atoms with Crippen molar-refractivity contribution >= 4 is 23.6 Å². The van der Waals surface area contributed by atoms with Crippen LogP contribution < -0.4 is 0 Å². The van der Waals surface area contributed by atoms with Gasteiger partial charge in [-0.05, 0) is 36.8 Å². The fourth-order valence-electron chi connectivity index (χ4n) is 2.32. The number of aliphatic imine (C=N–C) groups is 1. The fraction of sp³-hybridized carbons (Fsp3) is 0.111. The molecule has 3 rings (SSSR count). The molecule has 0 bridgehead atoms. The van der Waals surface area contributed by atoms with Gasteiger partial charge in [0, 0.05) is 17.1 Å². The van der Waals surface area contributed by atoms with Crippen LogP contribution >= 0.6 is 11.6 Å². The predicted octanol–water partition coefficient (Wildman–Crippen LogP) is 3.98. The average molecular weight is 336 g/mol. The van der Waals surface area contributed by atoms with E-state index in [-0.39, 0.29) is 0 Å². The van der Waals surface area contributed by atoms with Crippen LogP contribution in [0, 0.1) is 18.3 Å². The zero-order chi connectivity index (χ0) is 16.9. The fourth-order valence-corrected chi connectivity index (χ4v) is 2.53. The van der Waals surface area contributed by atoms with Gasteiger partial charge in [-0.3, -0.25) is 10.1 Å². The molecule has 24 heavy (non-hydrogen) atoms. The molecule has 0 spiro atoms. The largest absolute Gasteiger partial charge is 0.279 e. The number of aromatic nitrogens is 3. The van der Waals surface area contributed by atoms with Crippen LogP contribution in [0.3, 0.4) is 0 Å². The predicted molar refractivity (Wildman–Crippen MR) is 93.8 cm³/mol. The molecule has 1 aromatic carbocycles. The molecule has 5 nitrogen and oxygen atoms in total. The quantitative estimate of drug-likeness (QED) is 0.732. The minimum absolute atomic E-state index is 0.359. The van der Waals surface area contributed by atoms with E-state index in [1.807, 2.05) is 49.4 Å². The molecule has 0 unspecified atom stereocenters. The Labute approximate surface area is 144 Å². The lowest BCUT2D eigenvalue weighted by atomic mass is 10.1.